The Kier molecular flexibility index (Phi) is 4.73. The summed E-state index contributed by atoms with van der Waals surface area (Å²) in [5.74, 6) is -1.57. The van der Waals surface area contributed by atoms with Crippen LogP contribution in [-0.4, -0.2) is 30.1 Å². The molecule has 1 aliphatic rings. The van der Waals surface area contributed by atoms with Gasteiger partial charge < -0.3 is 16.2 Å². The summed E-state index contributed by atoms with van der Waals surface area (Å²) in [6, 6.07) is 0. The van der Waals surface area contributed by atoms with Crippen molar-refractivity contribution in [3.05, 3.63) is 0 Å². The number of aliphatic carboxylic acids is 1. The molecule has 1 amide bonds. The SMILES string of the molecule is CCC1CC(C(=O)O)C(C(=O)NCCN)C1. The Balaban J connectivity index is 2.61. The third kappa shape index (κ3) is 2.95. The van der Waals surface area contributed by atoms with Crippen LogP contribution in [0.3, 0.4) is 0 Å². The summed E-state index contributed by atoms with van der Waals surface area (Å²) < 4.78 is 0. The smallest absolute Gasteiger partial charge is 0.307 e. The van der Waals surface area contributed by atoms with Crippen LogP contribution in [0.2, 0.25) is 0 Å². The third-order valence-corrected chi connectivity index (χ3v) is 3.34. The van der Waals surface area contributed by atoms with Gasteiger partial charge in [-0.25, -0.2) is 0 Å². The number of nitrogens with one attached hydrogen (secondary N) is 1. The van der Waals surface area contributed by atoms with Crippen LogP contribution in [0.25, 0.3) is 0 Å². The Morgan fingerprint density at radius 1 is 1.38 bits per heavy atom. The van der Waals surface area contributed by atoms with E-state index in [1.54, 1.807) is 0 Å². The number of carbonyl (C=O) groups excluding carboxylic acids is 1. The van der Waals surface area contributed by atoms with E-state index in [4.69, 9.17) is 10.8 Å². The number of hydrogen-bond donors (Lipinski definition) is 3. The fraction of sp³-hybridized carbons (Fsp3) is 0.818. The van der Waals surface area contributed by atoms with Gasteiger partial charge in [-0.1, -0.05) is 13.3 Å². The van der Waals surface area contributed by atoms with Gasteiger partial charge in [0.1, 0.15) is 0 Å². The van der Waals surface area contributed by atoms with Gasteiger partial charge in [0.2, 0.25) is 5.91 Å². The number of hydrogen-bond acceptors (Lipinski definition) is 3. The van der Waals surface area contributed by atoms with Gasteiger partial charge in [0.15, 0.2) is 0 Å². The Hall–Kier alpha value is -1.10. The molecule has 0 bridgehead atoms. The van der Waals surface area contributed by atoms with Crippen molar-refractivity contribution in [2.45, 2.75) is 26.2 Å². The molecule has 0 saturated heterocycles. The lowest BCUT2D eigenvalue weighted by atomic mass is 9.95. The predicted molar refractivity (Wildman–Crippen MR) is 59.7 cm³/mol. The van der Waals surface area contributed by atoms with Gasteiger partial charge in [-0.05, 0) is 18.8 Å². The number of rotatable bonds is 5. The van der Waals surface area contributed by atoms with Crippen LogP contribution in [0.5, 0.6) is 0 Å². The van der Waals surface area contributed by atoms with Crippen molar-refractivity contribution in [3.8, 4) is 0 Å². The first-order valence-electron chi connectivity index (χ1n) is 5.80. The quantitative estimate of drug-likeness (QED) is 0.626. The molecule has 0 heterocycles. The normalized spacial score (nSPS) is 29.0. The maximum Gasteiger partial charge on any atom is 0.307 e. The summed E-state index contributed by atoms with van der Waals surface area (Å²) in [6.45, 7) is 2.83. The molecular weight excluding hydrogens is 208 g/mol. The highest BCUT2D eigenvalue weighted by Gasteiger charge is 2.41. The van der Waals surface area contributed by atoms with Gasteiger partial charge in [-0.3, -0.25) is 9.59 Å². The lowest BCUT2D eigenvalue weighted by molar-refractivity contribution is -0.146. The average molecular weight is 228 g/mol. The van der Waals surface area contributed by atoms with Crippen molar-refractivity contribution in [2.75, 3.05) is 13.1 Å². The first kappa shape index (κ1) is 13.0. The van der Waals surface area contributed by atoms with E-state index >= 15 is 0 Å². The fourth-order valence-electron chi connectivity index (χ4n) is 2.37. The molecule has 1 fully saturated rings. The van der Waals surface area contributed by atoms with E-state index in [-0.39, 0.29) is 11.8 Å². The summed E-state index contributed by atoms with van der Waals surface area (Å²) in [6.07, 6.45) is 2.24. The highest BCUT2D eigenvalue weighted by molar-refractivity contribution is 5.85. The van der Waals surface area contributed by atoms with Gasteiger partial charge in [0, 0.05) is 13.1 Å². The van der Waals surface area contributed by atoms with Gasteiger partial charge in [-0.2, -0.15) is 0 Å². The molecular formula is C11H20N2O3. The molecule has 16 heavy (non-hydrogen) atoms. The van der Waals surface area contributed by atoms with Crippen molar-refractivity contribution < 1.29 is 14.7 Å². The first-order valence-corrected chi connectivity index (χ1v) is 5.80. The van der Waals surface area contributed by atoms with Crippen LogP contribution < -0.4 is 11.1 Å². The minimum Gasteiger partial charge on any atom is -0.481 e. The molecule has 1 rings (SSSR count). The number of nitrogens with two attached hydrogens (primary N) is 1. The summed E-state index contributed by atoms with van der Waals surface area (Å²) >= 11 is 0. The predicted octanol–water partition coefficient (Wildman–Crippen LogP) is 0.198. The zero-order valence-electron chi connectivity index (χ0n) is 9.61. The zero-order chi connectivity index (χ0) is 12.1. The van der Waals surface area contributed by atoms with Crippen LogP contribution in [0, 0.1) is 17.8 Å². The van der Waals surface area contributed by atoms with E-state index in [1.807, 2.05) is 6.92 Å². The van der Waals surface area contributed by atoms with Crippen molar-refractivity contribution >= 4 is 11.9 Å². The minimum absolute atomic E-state index is 0.159. The number of carbonyl (C=O) groups is 2. The summed E-state index contributed by atoms with van der Waals surface area (Å²) in [5.41, 5.74) is 5.29. The summed E-state index contributed by atoms with van der Waals surface area (Å²) in [7, 11) is 0. The first-order chi connectivity index (χ1) is 7.60. The third-order valence-electron chi connectivity index (χ3n) is 3.34. The monoisotopic (exact) mass is 228 g/mol. The van der Waals surface area contributed by atoms with Gasteiger partial charge in [0.05, 0.1) is 11.8 Å². The molecule has 1 saturated carbocycles. The average Bonchev–Trinajstić information content (AvgIpc) is 2.70. The molecule has 0 aromatic heterocycles. The largest absolute Gasteiger partial charge is 0.481 e. The second kappa shape index (κ2) is 5.84. The van der Waals surface area contributed by atoms with Crippen LogP contribution in [0.4, 0.5) is 0 Å². The van der Waals surface area contributed by atoms with Crippen LogP contribution in [-0.2, 0) is 9.59 Å². The molecule has 0 aromatic rings. The standard InChI is InChI=1S/C11H20N2O3/c1-2-7-5-8(9(6-7)11(15)16)10(14)13-4-3-12/h7-9H,2-6,12H2,1H3,(H,13,14)(H,15,16). The van der Waals surface area contributed by atoms with Gasteiger partial charge >= 0.3 is 5.97 Å². The lowest BCUT2D eigenvalue weighted by Crippen LogP contribution is -2.37. The highest BCUT2D eigenvalue weighted by Crippen LogP contribution is 2.38. The molecule has 3 atom stereocenters. The van der Waals surface area contributed by atoms with E-state index in [9.17, 15) is 9.59 Å². The zero-order valence-corrected chi connectivity index (χ0v) is 9.61. The molecule has 0 aliphatic heterocycles. The molecule has 3 unspecified atom stereocenters. The second-order valence-electron chi connectivity index (χ2n) is 4.38. The Morgan fingerprint density at radius 3 is 2.50 bits per heavy atom. The summed E-state index contributed by atoms with van der Waals surface area (Å²) in [4.78, 5) is 22.8. The minimum atomic E-state index is -0.858. The Labute approximate surface area is 95.4 Å². The Morgan fingerprint density at radius 2 is 2.00 bits per heavy atom. The number of carboxylic acid groups (broad SMARTS) is 1. The van der Waals surface area contributed by atoms with E-state index in [1.165, 1.54) is 0 Å². The van der Waals surface area contributed by atoms with E-state index in [0.717, 1.165) is 6.42 Å². The molecule has 0 spiro atoms. The van der Waals surface area contributed by atoms with E-state index in [2.05, 4.69) is 5.32 Å². The molecule has 0 aromatic carbocycles. The van der Waals surface area contributed by atoms with Crippen molar-refractivity contribution in [1.82, 2.24) is 5.32 Å². The van der Waals surface area contributed by atoms with Crippen molar-refractivity contribution in [2.24, 2.45) is 23.5 Å². The second-order valence-corrected chi connectivity index (χ2v) is 4.38. The molecule has 0 radical (unpaired) electrons. The highest BCUT2D eigenvalue weighted by atomic mass is 16.4. The van der Waals surface area contributed by atoms with E-state index < -0.39 is 11.9 Å². The topological polar surface area (TPSA) is 92.4 Å². The lowest BCUT2D eigenvalue weighted by Gasteiger charge is -2.14. The van der Waals surface area contributed by atoms with Crippen molar-refractivity contribution in [3.63, 3.8) is 0 Å². The van der Waals surface area contributed by atoms with Gasteiger partial charge in [0.25, 0.3) is 0 Å². The molecule has 5 heteroatoms. The maximum atomic E-state index is 11.8. The van der Waals surface area contributed by atoms with Crippen LogP contribution >= 0.6 is 0 Å². The fourth-order valence-corrected chi connectivity index (χ4v) is 2.37. The molecule has 92 valence electrons. The van der Waals surface area contributed by atoms with Crippen LogP contribution in [0.1, 0.15) is 26.2 Å². The summed E-state index contributed by atoms with van der Waals surface area (Å²) in [5, 5.41) is 11.7. The van der Waals surface area contributed by atoms with Crippen LogP contribution in [0.15, 0.2) is 0 Å². The van der Waals surface area contributed by atoms with Gasteiger partial charge in [-0.15, -0.1) is 0 Å². The molecule has 5 nitrogen and oxygen atoms in total. The molecule has 1 aliphatic carbocycles. The number of carboxylic acids is 1. The maximum absolute atomic E-state index is 11.8. The Bertz CT molecular complexity index is 268. The van der Waals surface area contributed by atoms with Crippen molar-refractivity contribution in [1.29, 1.82) is 0 Å². The van der Waals surface area contributed by atoms with E-state index in [0.29, 0.717) is 31.8 Å². The number of amides is 1. The molecule has 4 N–H and O–H groups in total.